The van der Waals surface area contributed by atoms with E-state index in [1.807, 2.05) is 0 Å². The number of hydrogen-bond acceptors (Lipinski definition) is 6. The van der Waals surface area contributed by atoms with Gasteiger partial charge < -0.3 is 9.05 Å². The molecule has 1 rings (SSSR count). The molecule has 0 unspecified atom stereocenters. The van der Waals surface area contributed by atoms with Gasteiger partial charge >= 0.3 is 7.60 Å². The Kier molecular flexibility index (Phi) is 6.37. The Morgan fingerprint density at radius 3 is 2.20 bits per heavy atom. The van der Waals surface area contributed by atoms with Gasteiger partial charge in [-0.2, -0.15) is 0 Å². The van der Waals surface area contributed by atoms with Gasteiger partial charge in [0.2, 0.25) is 0 Å². The topological polar surface area (TPSA) is 72.9 Å². The van der Waals surface area contributed by atoms with Crippen molar-refractivity contribution in [3.05, 3.63) is 17.0 Å². The van der Waals surface area contributed by atoms with Crippen molar-refractivity contribution in [2.45, 2.75) is 24.2 Å². The molecule has 0 aliphatic heterocycles. The van der Waals surface area contributed by atoms with Gasteiger partial charge in [-0.25, -0.2) is 12.7 Å². The first-order valence-electron chi connectivity index (χ1n) is 6.14. The van der Waals surface area contributed by atoms with Crippen LogP contribution >= 0.6 is 18.9 Å². The standard InChI is InChI=1S/C11H20NO5PS2/c1-5-16-18(13,17-6-2)9-10-7-8-11(19-10)20(14,15)12(3)4/h7-8H,5-6,9H2,1-4H3. The lowest BCUT2D eigenvalue weighted by molar-refractivity contribution is 0.219. The molecule has 0 radical (unpaired) electrons. The molecular weight excluding hydrogens is 321 g/mol. The maximum atomic E-state index is 12.4. The third-order valence-electron chi connectivity index (χ3n) is 2.37. The first-order valence-corrected chi connectivity index (χ1v) is 10.1. The van der Waals surface area contributed by atoms with E-state index < -0.39 is 17.6 Å². The van der Waals surface area contributed by atoms with Crippen molar-refractivity contribution in [3.63, 3.8) is 0 Å². The Hall–Kier alpha value is -0.240. The largest absolute Gasteiger partial charge is 0.335 e. The summed E-state index contributed by atoms with van der Waals surface area (Å²) in [5.41, 5.74) is 0. The quantitative estimate of drug-likeness (QED) is 0.680. The van der Waals surface area contributed by atoms with E-state index in [1.165, 1.54) is 20.2 Å². The van der Waals surface area contributed by atoms with Gasteiger partial charge in [-0.05, 0) is 26.0 Å². The molecule has 116 valence electrons. The van der Waals surface area contributed by atoms with Gasteiger partial charge in [0.1, 0.15) is 4.21 Å². The van der Waals surface area contributed by atoms with E-state index in [9.17, 15) is 13.0 Å². The number of thiophene rings is 1. The molecule has 0 N–H and O–H groups in total. The molecule has 6 nitrogen and oxygen atoms in total. The predicted octanol–water partition coefficient (Wildman–Crippen LogP) is 2.76. The second-order valence-corrected chi connectivity index (χ2v) is 9.71. The summed E-state index contributed by atoms with van der Waals surface area (Å²) < 4.78 is 48.1. The highest BCUT2D eigenvalue weighted by molar-refractivity contribution is 7.91. The lowest BCUT2D eigenvalue weighted by Gasteiger charge is -2.15. The summed E-state index contributed by atoms with van der Waals surface area (Å²) in [6, 6.07) is 3.16. The highest BCUT2D eigenvalue weighted by atomic mass is 32.2. The number of hydrogen-bond donors (Lipinski definition) is 0. The maximum Gasteiger partial charge on any atom is 0.335 e. The summed E-state index contributed by atoms with van der Waals surface area (Å²) in [7, 11) is -3.71. The third kappa shape index (κ3) is 4.38. The third-order valence-corrected chi connectivity index (χ3v) is 7.99. The van der Waals surface area contributed by atoms with E-state index in [0.717, 1.165) is 15.6 Å². The highest BCUT2D eigenvalue weighted by Crippen LogP contribution is 2.52. The molecule has 0 aliphatic carbocycles. The Labute approximate surface area is 124 Å². The van der Waals surface area contributed by atoms with Gasteiger partial charge in [-0.15, -0.1) is 11.3 Å². The van der Waals surface area contributed by atoms with E-state index in [1.54, 1.807) is 19.9 Å². The molecule has 1 heterocycles. The van der Waals surface area contributed by atoms with Crippen molar-refractivity contribution in [3.8, 4) is 0 Å². The van der Waals surface area contributed by atoms with Gasteiger partial charge in [-0.1, -0.05) is 0 Å². The van der Waals surface area contributed by atoms with Crippen LogP contribution in [0.5, 0.6) is 0 Å². The van der Waals surface area contributed by atoms with E-state index >= 15 is 0 Å². The maximum absolute atomic E-state index is 12.4. The summed E-state index contributed by atoms with van der Waals surface area (Å²) in [4.78, 5) is 0.663. The molecule has 0 fully saturated rings. The summed E-state index contributed by atoms with van der Waals surface area (Å²) >= 11 is 1.08. The van der Waals surface area contributed by atoms with Crippen LogP contribution in [0.2, 0.25) is 0 Å². The zero-order valence-electron chi connectivity index (χ0n) is 12.0. The number of rotatable bonds is 8. The molecule has 0 spiro atoms. The SMILES string of the molecule is CCOP(=O)(Cc1ccc(S(=O)(=O)N(C)C)s1)OCC. The van der Waals surface area contributed by atoms with Crippen LogP contribution < -0.4 is 0 Å². The summed E-state index contributed by atoms with van der Waals surface area (Å²) in [6.45, 7) is 4.04. The fraction of sp³-hybridized carbons (Fsp3) is 0.636. The Morgan fingerprint density at radius 1 is 1.20 bits per heavy atom. The van der Waals surface area contributed by atoms with Crippen LogP contribution in [0, 0.1) is 0 Å². The average Bonchev–Trinajstić information content (AvgIpc) is 2.77. The molecule has 0 saturated carbocycles. The van der Waals surface area contributed by atoms with E-state index in [-0.39, 0.29) is 23.6 Å². The molecule has 0 saturated heterocycles. The van der Waals surface area contributed by atoms with Gasteiger partial charge in [-0.3, -0.25) is 4.57 Å². The lowest BCUT2D eigenvalue weighted by atomic mass is 10.5. The predicted molar refractivity (Wildman–Crippen MR) is 79.8 cm³/mol. The minimum atomic E-state index is -3.46. The number of sulfonamides is 1. The van der Waals surface area contributed by atoms with Crippen LogP contribution in [0.25, 0.3) is 0 Å². The molecule has 1 aromatic heterocycles. The van der Waals surface area contributed by atoms with Crippen molar-refractivity contribution in [1.29, 1.82) is 0 Å². The zero-order valence-corrected chi connectivity index (χ0v) is 14.6. The molecule has 0 aliphatic rings. The van der Waals surface area contributed by atoms with Crippen molar-refractivity contribution in [2.24, 2.45) is 0 Å². The molecular formula is C11H20NO5PS2. The van der Waals surface area contributed by atoms with Crippen molar-refractivity contribution in [1.82, 2.24) is 4.31 Å². The van der Waals surface area contributed by atoms with Crippen molar-refractivity contribution in [2.75, 3.05) is 27.3 Å². The fourth-order valence-corrected chi connectivity index (χ4v) is 6.06. The molecule has 0 aromatic carbocycles. The van der Waals surface area contributed by atoms with Gasteiger partial charge in [0.15, 0.2) is 0 Å². The normalized spacial score (nSPS) is 13.1. The molecule has 9 heteroatoms. The fourth-order valence-electron chi connectivity index (χ4n) is 1.47. The minimum absolute atomic E-state index is 0.0856. The Balaban J connectivity index is 2.95. The van der Waals surface area contributed by atoms with Crippen LogP contribution in [0.15, 0.2) is 16.3 Å². The summed E-state index contributed by atoms with van der Waals surface area (Å²) in [5, 5.41) is 0. The molecule has 0 atom stereocenters. The van der Waals surface area contributed by atoms with Gasteiger partial charge in [0.25, 0.3) is 10.0 Å². The minimum Gasteiger partial charge on any atom is -0.309 e. The monoisotopic (exact) mass is 341 g/mol. The first-order chi connectivity index (χ1) is 9.25. The molecule has 20 heavy (non-hydrogen) atoms. The number of nitrogens with zero attached hydrogens (tertiary/aromatic N) is 1. The lowest BCUT2D eigenvalue weighted by Crippen LogP contribution is -2.21. The van der Waals surface area contributed by atoms with Crippen LogP contribution in [0.4, 0.5) is 0 Å². The zero-order chi connectivity index (χ0) is 15.4. The Bertz CT molecular complexity index is 571. The second kappa shape index (κ2) is 7.15. The second-order valence-electron chi connectivity index (χ2n) is 4.11. The molecule has 1 aromatic rings. The van der Waals surface area contributed by atoms with Gasteiger partial charge in [0.05, 0.1) is 19.4 Å². The van der Waals surface area contributed by atoms with Crippen LogP contribution in [0.3, 0.4) is 0 Å². The summed E-state index contributed by atoms with van der Waals surface area (Å²) in [5.74, 6) is 0. The Morgan fingerprint density at radius 2 is 1.75 bits per heavy atom. The van der Waals surface area contributed by atoms with Crippen molar-refractivity contribution >= 4 is 29.0 Å². The highest BCUT2D eigenvalue weighted by Gasteiger charge is 2.27. The van der Waals surface area contributed by atoms with Crippen LogP contribution in [0.1, 0.15) is 18.7 Å². The molecule has 0 bridgehead atoms. The van der Waals surface area contributed by atoms with Crippen LogP contribution in [-0.2, 0) is 29.8 Å². The summed E-state index contributed by atoms with van der Waals surface area (Å²) in [6.07, 6.45) is 0.0856. The van der Waals surface area contributed by atoms with E-state index in [0.29, 0.717) is 4.88 Å². The first kappa shape index (κ1) is 17.8. The molecule has 0 amide bonds. The van der Waals surface area contributed by atoms with Crippen LogP contribution in [-0.4, -0.2) is 40.0 Å². The average molecular weight is 341 g/mol. The smallest absolute Gasteiger partial charge is 0.309 e. The van der Waals surface area contributed by atoms with Gasteiger partial charge in [0, 0.05) is 19.0 Å². The van der Waals surface area contributed by atoms with E-state index in [4.69, 9.17) is 9.05 Å². The van der Waals surface area contributed by atoms with E-state index in [2.05, 4.69) is 0 Å². The van der Waals surface area contributed by atoms with Crippen molar-refractivity contribution < 1.29 is 22.0 Å².